The van der Waals surface area contributed by atoms with Crippen LogP contribution in [0.25, 0.3) is 10.9 Å². The molecule has 0 spiro atoms. The molecule has 0 amide bonds. The fraction of sp³-hybridized carbons (Fsp3) is 0.444. The van der Waals surface area contributed by atoms with Gasteiger partial charge in [0.1, 0.15) is 5.82 Å². The van der Waals surface area contributed by atoms with Crippen molar-refractivity contribution in [2.24, 2.45) is 5.73 Å². The third-order valence-electron chi connectivity index (χ3n) is 4.92. The largest absolute Gasteiger partial charge is 0.490 e. The van der Waals surface area contributed by atoms with Gasteiger partial charge in [-0.2, -0.15) is 26.3 Å². The van der Waals surface area contributed by atoms with E-state index >= 15 is 0 Å². The summed E-state index contributed by atoms with van der Waals surface area (Å²) in [5.41, 5.74) is 5.37. The van der Waals surface area contributed by atoms with Crippen molar-refractivity contribution in [3.8, 4) is 0 Å². The number of hydrogen-bond donors (Lipinski definition) is 3. The normalized spacial score (nSPS) is 25.7. The summed E-state index contributed by atoms with van der Waals surface area (Å²) < 4.78 is 75.9. The Morgan fingerprint density at radius 3 is 2.30 bits per heavy atom. The van der Waals surface area contributed by atoms with E-state index in [9.17, 15) is 26.3 Å². The van der Waals surface area contributed by atoms with Gasteiger partial charge >= 0.3 is 18.3 Å². The number of nitrogens with two attached hydrogens (primary N) is 1. The molecule has 1 aromatic carbocycles. The van der Waals surface area contributed by atoms with Crippen LogP contribution in [0.2, 0.25) is 0 Å². The molecule has 12 heteroatoms. The summed E-state index contributed by atoms with van der Waals surface area (Å²) in [7, 11) is 0. The highest BCUT2D eigenvalue weighted by Gasteiger charge is 2.50. The molecule has 2 aliphatic rings. The van der Waals surface area contributed by atoms with E-state index in [0.717, 1.165) is 25.0 Å². The van der Waals surface area contributed by atoms with E-state index in [1.807, 2.05) is 0 Å². The molecule has 0 unspecified atom stereocenters. The molecule has 164 valence electrons. The average Bonchev–Trinajstić information content (AvgIpc) is 3.17. The van der Waals surface area contributed by atoms with Crippen molar-refractivity contribution in [3.63, 3.8) is 0 Å². The zero-order chi connectivity index (χ0) is 22.3. The topological polar surface area (TPSA) is 97.5 Å². The van der Waals surface area contributed by atoms with Gasteiger partial charge in [-0.3, -0.25) is 0 Å². The summed E-state index contributed by atoms with van der Waals surface area (Å²) in [5, 5.41) is 11.1. The number of rotatable bonds is 2. The van der Waals surface area contributed by atoms with Gasteiger partial charge in [0.25, 0.3) is 0 Å². The molecular weight excluding hydrogens is 420 g/mol. The van der Waals surface area contributed by atoms with E-state index in [1.54, 1.807) is 12.1 Å². The highest BCUT2D eigenvalue weighted by atomic mass is 19.4. The summed E-state index contributed by atoms with van der Waals surface area (Å²) >= 11 is 0. The average molecular weight is 437 g/mol. The van der Waals surface area contributed by atoms with Crippen molar-refractivity contribution in [1.29, 1.82) is 0 Å². The number of alkyl halides is 6. The minimum atomic E-state index is -5.08. The fourth-order valence-corrected chi connectivity index (χ4v) is 3.54. The minimum absolute atomic E-state index is 0.00598. The lowest BCUT2D eigenvalue weighted by Crippen LogP contribution is -2.43. The van der Waals surface area contributed by atoms with Crippen LogP contribution in [0.1, 0.15) is 18.4 Å². The van der Waals surface area contributed by atoms with Crippen molar-refractivity contribution < 1.29 is 41.0 Å². The molecule has 2 bridgehead atoms. The number of ether oxygens (including phenoxy) is 1. The first-order valence-corrected chi connectivity index (χ1v) is 8.73. The lowest BCUT2D eigenvalue weighted by atomic mass is 9.99. The number of carboxylic acid groups (broad SMARTS) is 1. The quantitative estimate of drug-likeness (QED) is 0.622. The Labute approximate surface area is 166 Å². The molecule has 4 N–H and O–H groups in total. The highest BCUT2D eigenvalue weighted by Crippen LogP contribution is 2.40. The van der Waals surface area contributed by atoms with Crippen molar-refractivity contribution in [3.05, 3.63) is 35.9 Å². The molecule has 6 nitrogen and oxygen atoms in total. The highest BCUT2D eigenvalue weighted by molar-refractivity contribution is 5.81. The van der Waals surface area contributed by atoms with Crippen molar-refractivity contribution in [2.45, 2.75) is 42.9 Å². The molecule has 1 saturated heterocycles. The first-order valence-electron chi connectivity index (χ1n) is 8.73. The van der Waals surface area contributed by atoms with Crippen LogP contribution in [0.5, 0.6) is 0 Å². The van der Waals surface area contributed by atoms with Crippen molar-refractivity contribution in [1.82, 2.24) is 4.98 Å². The number of carboxylic acids is 1. The zero-order valence-corrected chi connectivity index (χ0v) is 15.2. The summed E-state index contributed by atoms with van der Waals surface area (Å²) in [6.45, 7) is 0.549. The Kier molecular flexibility index (Phi) is 5.58. The number of aliphatic carboxylic acids is 1. The van der Waals surface area contributed by atoms with E-state index < -0.39 is 23.9 Å². The molecular formula is C18H17F6N3O3. The smallest absolute Gasteiger partial charge is 0.475 e. The number of anilines is 1. The van der Waals surface area contributed by atoms with Crippen LogP contribution in [-0.4, -0.2) is 46.5 Å². The molecule has 1 saturated carbocycles. The van der Waals surface area contributed by atoms with Gasteiger partial charge in [-0.15, -0.1) is 0 Å². The Hall–Kier alpha value is -2.60. The summed E-state index contributed by atoms with van der Waals surface area (Å²) in [4.78, 5) is 13.2. The SMILES string of the molecule is N[C@@H]1C[C@@]2(Nc3ccc4ccc(C(F)(F)F)cc4n3)CO[C@@H]1C2.O=C(O)C(F)(F)F. The monoisotopic (exact) mass is 437 g/mol. The molecule has 2 heterocycles. The van der Waals surface area contributed by atoms with Gasteiger partial charge in [0.2, 0.25) is 0 Å². The van der Waals surface area contributed by atoms with Crippen LogP contribution in [0.15, 0.2) is 30.3 Å². The molecule has 1 aromatic heterocycles. The second-order valence-electron chi connectivity index (χ2n) is 7.23. The third-order valence-corrected chi connectivity index (χ3v) is 4.92. The van der Waals surface area contributed by atoms with E-state index in [2.05, 4.69) is 10.3 Å². The first-order chi connectivity index (χ1) is 13.8. The Balaban J connectivity index is 0.000000318. The molecule has 2 aromatic rings. The maximum absolute atomic E-state index is 12.8. The van der Waals surface area contributed by atoms with Crippen LogP contribution in [0, 0.1) is 0 Å². The number of aromatic nitrogens is 1. The molecule has 1 aliphatic carbocycles. The van der Waals surface area contributed by atoms with E-state index in [-0.39, 0.29) is 17.7 Å². The van der Waals surface area contributed by atoms with Gasteiger partial charge in [-0.1, -0.05) is 6.07 Å². The second kappa shape index (κ2) is 7.58. The van der Waals surface area contributed by atoms with E-state index in [0.29, 0.717) is 23.3 Å². The summed E-state index contributed by atoms with van der Waals surface area (Å²) in [6, 6.07) is 7.13. The molecule has 4 rings (SSSR count). The maximum atomic E-state index is 12.8. The van der Waals surface area contributed by atoms with Crippen LogP contribution in [-0.2, 0) is 15.7 Å². The second-order valence-corrected chi connectivity index (χ2v) is 7.23. The van der Waals surface area contributed by atoms with Crippen LogP contribution in [0.3, 0.4) is 0 Å². The summed E-state index contributed by atoms with van der Waals surface area (Å²) in [6.07, 6.45) is -7.82. The van der Waals surface area contributed by atoms with Gasteiger partial charge in [-0.25, -0.2) is 9.78 Å². The lowest BCUT2D eigenvalue weighted by molar-refractivity contribution is -0.192. The first kappa shape index (κ1) is 22.1. The standard InChI is InChI=1S/C16H16F3N3O.C2HF3O2/c17-16(18,19)10-3-1-9-2-4-14(21-12(9)5-10)22-15-6-11(20)13(7-15)23-8-15;3-2(4,5)1(6)7/h1-5,11,13H,6-8,20H2,(H,21,22);(H,6,7)/t11-,13-,15+;/m1./s1. The zero-order valence-electron chi connectivity index (χ0n) is 15.2. The number of fused-ring (bicyclic) bond motifs is 3. The van der Waals surface area contributed by atoms with Gasteiger partial charge in [-0.05, 0) is 30.7 Å². The molecule has 3 atom stereocenters. The lowest BCUT2D eigenvalue weighted by Gasteiger charge is -2.29. The van der Waals surface area contributed by atoms with Crippen LogP contribution >= 0.6 is 0 Å². The van der Waals surface area contributed by atoms with E-state index in [1.165, 1.54) is 6.07 Å². The molecule has 1 aliphatic heterocycles. The Morgan fingerprint density at radius 2 is 1.80 bits per heavy atom. The Bertz CT molecular complexity index is 945. The van der Waals surface area contributed by atoms with E-state index in [4.69, 9.17) is 20.4 Å². The van der Waals surface area contributed by atoms with Crippen LogP contribution in [0.4, 0.5) is 32.2 Å². The minimum Gasteiger partial charge on any atom is -0.475 e. The maximum Gasteiger partial charge on any atom is 0.490 e. The Morgan fingerprint density at radius 1 is 1.17 bits per heavy atom. The summed E-state index contributed by atoms with van der Waals surface area (Å²) in [5.74, 6) is -2.21. The van der Waals surface area contributed by atoms with Gasteiger partial charge in [0.05, 0.1) is 29.3 Å². The molecule has 2 fully saturated rings. The van der Waals surface area contributed by atoms with Crippen molar-refractivity contribution in [2.75, 3.05) is 11.9 Å². The van der Waals surface area contributed by atoms with Crippen molar-refractivity contribution >= 4 is 22.7 Å². The fourth-order valence-electron chi connectivity index (χ4n) is 3.54. The number of nitrogens with zero attached hydrogens (tertiary/aromatic N) is 1. The molecule has 0 radical (unpaired) electrons. The van der Waals surface area contributed by atoms with Gasteiger partial charge in [0, 0.05) is 17.8 Å². The number of hydrogen-bond acceptors (Lipinski definition) is 5. The number of nitrogens with one attached hydrogen (secondary N) is 1. The number of pyridine rings is 1. The predicted octanol–water partition coefficient (Wildman–Crippen LogP) is 3.56. The molecule has 30 heavy (non-hydrogen) atoms. The third kappa shape index (κ3) is 4.75. The number of carbonyl (C=O) groups is 1. The number of benzene rings is 1. The van der Waals surface area contributed by atoms with Gasteiger partial charge < -0.3 is 20.9 Å². The number of halogens is 6. The van der Waals surface area contributed by atoms with Gasteiger partial charge in [0.15, 0.2) is 0 Å². The predicted molar refractivity (Wildman–Crippen MR) is 93.7 cm³/mol. The van der Waals surface area contributed by atoms with Crippen LogP contribution < -0.4 is 11.1 Å².